The van der Waals surface area contributed by atoms with Crippen LogP contribution in [0.25, 0.3) is 0 Å². The first-order chi connectivity index (χ1) is 5.26. The van der Waals surface area contributed by atoms with Crippen molar-refractivity contribution in [3.05, 3.63) is 0 Å². The van der Waals surface area contributed by atoms with Gasteiger partial charge in [0, 0.05) is 12.0 Å². The van der Waals surface area contributed by atoms with E-state index in [0.29, 0.717) is 11.7 Å². The monoisotopic (exact) mass is 154 g/mol. The van der Waals surface area contributed by atoms with Crippen LogP contribution in [0.4, 0.5) is 0 Å². The normalized spacial score (nSPS) is 33.7. The molecule has 0 radical (unpaired) electrons. The van der Waals surface area contributed by atoms with Gasteiger partial charge in [0.05, 0.1) is 6.61 Å². The highest BCUT2D eigenvalue weighted by Crippen LogP contribution is 2.55. The molecule has 1 saturated carbocycles. The minimum Gasteiger partial charge on any atom is -0.381 e. The maximum absolute atomic E-state index is 11.3. The molecule has 2 aliphatic rings. The van der Waals surface area contributed by atoms with Crippen molar-refractivity contribution in [2.24, 2.45) is 11.3 Å². The van der Waals surface area contributed by atoms with Gasteiger partial charge in [0.1, 0.15) is 5.78 Å². The van der Waals surface area contributed by atoms with E-state index in [0.717, 1.165) is 32.5 Å². The maximum atomic E-state index is 11.3. The summed E-state index contributed by atoms with van der Waals surface area (Å²) in [5, 5.41) is 0. The molecule has 1 saturated heterocycles. The predicted molar refractivity (Wildman–Crippen MR) is 41.3 cm³/mol. The summed E-state index contributed by atoms with van der Waals surface area (Å²) >= 11 is 0. The number of Topliss-reactive ketones (excluding diaryl/α,β-unsaturated/α-hetero) is 1. The molecule has 1 unspecified atom stereocenters. The fraction of sp³-hybridized carbons (Fsp3) is 0.889. The van der Waals surface area contributed by atoms with Gasteiger partial charge in [-0.15, -0.1) is 0 Å². The Bertz CT molecular complexity index is 176. The van der Waals surface area contributed by atoms with Crippen LogP contribution in [0.3, 0.4) is 0 Å². The third-order valence-corrected chi connectivity index (χ3v) is 3.20. The fourth-order valence-electron chi connectivity index (χ4n) is 2.15. The molecule has 2 fully saturated rings. The van der Waals surface area contributed by atoms with Gasteiger partial charge in [0.15, 0.2) is 0 Å². The number of ether oxygens (including phenoxy) is 1. The van der Waals surface area contributed by atoms with Gasteiger partial charge in [-0.1, -0.05) is 0 Å². The van der Waals surface area contributed by atoms with E-state index in [2.05, 4.69) is 0 Å². The molecule has 0 spiro atoms. The summed E-state index contributed by atoms with van der Waals surface area (Å²) in [4.78, 5) is 11.3. The summed E-state index contributed by atoms with van der Waals surface area (Å²) in [6.45, 7) is 3.41. The van der Waals surface area contributed by atoms with Crippen molar-refractivity contribution in [3.8, 4) is 0 Å². The Morgan fingerprint density at radius 2 is 2.27 bits per heavy atom. The lowest BCUT2D eigenvalue weighted by Crippen LogP contribution is -2.23. The zero-order chi connectivity index (χ0) is 7.90. The smallest absolute Gasteiger partial charge is 0.136 e. The van der Waals surface area contributed by atoms with Crippen LogP contribution >= 0.6 is 0 Å². The molecule has 0 aromatic heterocycles. The first-order valence-corrected chi connectivity index (χ1v) is 4.34. The van der Waals surface area contributed by atoms with Crippen molar-refractivity contribution in [1.82, 2.24) is 0 Å². The lowest BCUT2D eigenvalue weighted by atomic mass is 9.85. The highest BCUT2D eigenvalue weighted by atomic mass is 16.5. The van der Waals surface area contributed by atoms with E-state index in [4.69, 9.17) is 4.74 Å². The number of carbonyl (C=O) groups is 1. The van der Waals surface area contributed by atoms with Crippen LogP contribution in [0.15, 0.2) is 0 Å². The molecule has 2 rings (SSSR count). The van der Waals surface area contributed by atoms with Gasteiger partial charge in [-0.3, -0.25) is 4.79 Å². The Morgan fingerprint density at radius 1 is 1.55 bits per heavy atom. The second kappa shape index (κ2) is 2.31. The molecule has 0 N–H and O–H groups in total. The summed E-state index contributed by atoms with van der Waals surface area (Å²) in [5.74, 6) is 0.924. The highest BCUT2D eigenvalue weighted by Gasteiger charge is 2.53. The van der Waals surface area contributed by atoms with Gasteiger partial charge in [0.2, 0.25) is 0 Å². The van der Waals surface area contributed by atoms with Crippen molar-refractivity contribution in [2.75, 3.05) is 13.2 Å². The minimum atomic E-state index is 0.0660. The van der Waals surface area contributed by atoms with Crippen molar-refractivity contribution in [3.63, 3.8) is 0 Å². The van der Waals surface area contributed by atoms with E-state index in [9.17, 15) is 4.79 Å². The lowest BCUT2D eigenvalue weighted by Gasteiger charge is -2.17. The zero-order valence-electron chi connectivity index (χ0n) is 6.93. The van der Waals surface area contributed by atoms with Gasteiger partial charge in [-0.05, 0) is 32.1 Å². The summed E-state index contributed by atoms with van der Waals surface area (Å²) in [6.07, 6.45) is 3.31. The first kappa shape index (κ1) is 7.29. The molecule has 2 heteroatoms. The average molecular weight is 154 g/mol. The van der Waals surface area contributed by atoms with Crippen LogP contribution in [0.2, 0.25) is 0 Å². The van der Waals surface area contributed by atoms with Gasteiger partial charge in [-0.2, -0.15) is 0 Å². The molecule has 1 aliphatic carbocycles. The van der Waals surface area contributed by atoms with Crippen molar-refractivity contribution < 1.29 is 9.53 Å². The largest absolute Gasteiger partial charge is 0.381 e. The van der Waals surface area contributed by atoms with Crippen molar-refractivity contribution >= 4 is 5.78 Å². The van der Waals surface area contributed by atoms with Gasteiger partial charge >= 0.3 is 0 Å². The Hall–Kier alpha value is -0.370. The van der Waals surface area contributed by atoms with Crippen LogP contribution in [-0.4, -0.2) is 19.0 Å². The second-order valence-electron chi connectivity index (χ2n) is 3.77. The average Bonchev–Trinajstić information content (AvgIpc) is 2.61. The summed E-state index contributed by atoms with van der Waals surface area (Å²) in [5.41, 5.74) is 0.0660. The Labute approximate surface area is 66.9 Å². The molecular weight excluding hydrogens is 140 g/mol. The van der Waals surface area contributed by atoms with Gasteiger partial charge < -0.3 is 4.74 Å². The minimum absolute atomic E-state index is 0.0660. The first-order valence-electron chi connectivity index (χ1n) is 4.34. The molecule has 1 heterocycles. The van der Waals surface area contributed by atoms with E-state index in [-0.39, 0.29) is 5.41 Å². The van der Waals surface area contributed by atoms with E-state index >= 15 is 0 Å². The van der Waals surface area contributed by atoms with Gasteiger partial charge in [-0.25, -0.2) is 0 Å². The number of hydrogen-bond acceptors (Lipinski definition) is 2. The maximum Gasteiger partial charge on any atom is 0.136 e. The van der Waals surface area contributed by atoms with E-state index in [1.807, 2.05) is 0 Å². The zero-order valence-corrected chi connectivity index (χ0v) is 6.93. The predicted octanol–water partition coefficient (Wildman–Crippen LogP) is 1.39. The van der Waals surface area contributed by atoms with Crippen LogP contribution in [0.1, 0.15) is 26.2 Å². The van der Waals surface area contributed by atoms with E-state index in [1.54, 1.807) is 6.92 Å². The molecule has 1 atom stereocenters. The third-order valence-electron chi connectivity index (χ3n) is 3.20. The lowest BCUT2D eigenvalue weighted by molar-refractivity contribution is -0.123. The molecule has 11 heavy (non-hydrogen) atoms. The van der Waals surface area contributed by atoms with Crippen molar-refractivity contribution in [2.45, 2.75) is 26.2 Å². The molecule has 0 amide bonds. The van der Waals surface area contributed by atoms with Crippen molar-refractivity contribution in [1.29, 1.82) is 0 Å². The fourth-order valence-corrected chi connectivity index (χ4v) is 2.15. The molecule has 0 aromatic carbocycles. The molecular formula is C9H14O2. The number of rotatable bonds is 2. The van der Waals surface area contributed by atoms with Crippen LogP contribution in [0.5, 0.6) is 0 Å². The molecule has 0 aromatic rings. The van der Waals surface area contributed by atoms with Crippen LogP contribution in [-0.2, 0) is 9.53 Å². The summed E-state index contributed by atoms with van der Waals surface area (Å²) in [6, 6.07) is 0. The summed E-state index contributed by atoms with van der Waals surface area (Å²) < 4.78 is 5.28. The Kier molecular flexibility index (Phi) is 1.53. The van der Waals surface area contributed by atoms with E-state index < -0.39 is 0 Å². The van der Waals surface area contributed by atoms with Crippen LogP contribution in [0, 0.1) is 11.3 Å². The SMILES string of the molecule is CC(=O)C1(C2CCOC2)CC1. The molecule has 62 valence electrons. The molecule has 1 aliphatic heterocycles. The number of hydrogen-bond donors (Lipinski definition) is 0. The quantitative estimate of drug-likeness (QED) is 0.600. The molecule has 2 nitrogen and oxygen atoms in total. The number of ketones is 1. The van der Waals surface area contributed by atoms with E-state index in [1.165, 1.54) is 0 Å². The Morgan fingerprint density at radius 3 is 2.64 bits per heavy atom. The standard InChI is InChI=1S/C9H14O2/c1-7(10)9(3-4-9)8-2-5-11-6-8/h8H,2-6H2,1H3. The molecule has 0 bridgehead atoms. The number of carbonyl (C=O) groups excluding carboxylic acids is 1. The third kappa shape index (κ3) is 1.00. The summed E-state index contributed by atoms with van der Waals surface area (Å²) in [7, 11) is 0. The Balaban J connectivity index is 2.07. The van der Waals surface area contributed by atoms with Gasteiger partial charge in [0.25, 0.3) is 0 Å². The van der Waals surface area contributed by atoms with Crippen LogP contribution < -0.4 is 0 Å². The topological polar surface area (TPSA) is 26.3 Å². The second-order valence-corrected chi connectivity index (χ2v) is 3.77. The highest BCUT2D eigenvalue weighted by molar-refractivity contribution is 5.85.